The van der Waals surface area contributed by atoms with E-state index in [1.165, 1.54) is 11.3 Å². The van der Waals surface area contributed by atoms with Crippen LogP contribution in [-0.2, 0) is 4.79 Å². The third-order valence-electron chi connectivity index (χ3n) is 2.07. The van der Waals surface area contributed by atoms with Gasteiger partial charge in [-0.05, 0) is 18.8 Å². The van der Waals surface area contributed by atoms with Crippen LogP contribution in [0.1, 0.15) is 12.8 Å². The van der Waals surface area contributed by atoms with Gasteiger partial charge in [0.15, 0.2) is 5.13 Å². The van der Waals surface area contributed by atoms with Gasteiger partial charge in [-0.2, -0.15) is 0 Å². The second-order valence-corrected chi connectivity index (χ2v) is 4.03. The number of carboxylic acid groups (broad SMARTS) is 1. The van der Waals surface area contributed by atoms with Crippen LogP contribution in [0.3, 0.4) is 0 Å². The predicted octanol–water partition coefficient (Wildman–Crippen LogP) is 1.42. The van der Waals surface area contributed by atoms with Crippen LogP contribution in [0, 0.1) is 5.92 Å². The predicted molar refractivity (Wildman–Crippen MR) is 49.9 cm³/mol. The van der Waals surface area contributed by atoms with E-state index >= 15 is 0 Å². The summed E-state index contributed by atoms with van der Waals surface area (Å²) in [7, 11) is 0. The van der Waals surface area contributed by atoms with Gasteiger partial charge in [0.25, 0.3) is 0 Å². The van der Waals surface area contributed by atoms with E-state index in [1.54, 1.807) is 6.20 Å². The molecule has 2 N–H and O–H groups in total. The summed E-state index contributed by atoms with van der Waals surface area (Å²) in [4.78, 5) is 14.8. The van der Waals surface area contributed by atoms with Gasteiger partial charge in [0.2, 0.25) is 0 Å². The minimum absolute atomic E-state index is 0.293. The first-order valence-corrected chi connectivity index (χ1v) is 5.04. The molecule has 1 heterocycles. The second-order valence-electron chi connectivity index (χ2n) is 3.13. The smallest absolute Gasteiger partial charge is 0.326 e. The van der Waals surface area contributed by atoms with Crippen molar-refractivity contribution in [2.45, 2.75) is 18.9 Å². The van der Waals surface area contributed by atoms with Gasteiger partial charge < -0.3 is 10.4 Å². The Morgan fingerprint density at radius 2 is 2.54 bits per heavy atom. The topological polar surface area (TPSA) is 62.2 Å². The molecule has 5 heteroatoms. The van der Waals surface area contributed by atoms with Gasteiger partial charge in [-0.3, -0.25) is 0 Å². The summed E-state index contributed by atoms with van der Waals surface area (Å²) in [5.74, 6) is -0.487. The van der Waals surface area contributed by atoms with E-state index in [0.29, 0.717) is 11.0 Å². The molecule has 0 bridgehead atoms. The lowest BCUT2D eigenvalue weighted by Gasteiger charge is -2.11. The highest BCUT2D eigenvalue weighted by molar-refractivity contribution is 7.13. The maximum atomic E-state index is 10.8. The third-order valence-corrected chi connectivity index (χ3v) is 2.78. The monoisotopic (exact) mass is 198 g/mol. The molecule has 0 aromatic carbocycles. The minimum atomic E-state index is -0.780. The molecule has 1 saturated carbocycles. The molecule has 1 aliphatic rings. The molecule has 1 fully saturated rings. The highest BCUT2D eigenvalue weighted by atomic mass is 32.1. The van der Waals surface area contributed by atoms with E-state index in [0.717, 1.165) is 12.8 Å². The van der Waals surface area contributed by atoms with Crippen molar-refractivity contribution < 1.29 is 9.90 Å². The van der Waals surface area contributed by atoms with Gasteiger partial charge in [-0.15, -0.1) is 11.3 Å². The number of carboxylic acids is 1. The zero-order valence-electron chi connectivity index (χ0n) is 6.93. The summed E-state index contributed by atoms with van der Waals surface area (Å²) >= 11 is 1.43. The number of rotatable bonds is 4. The summed E-state index contributed by atoms with van der Waals surface area (Å²) in [5, 5.41) is 14.3. The number of aromatic nitrogens is 1. The average molecular weight is 198 g/mol. The number of nitrogens with zero attached hydrogens (tertiary/aromatic N) is 1. The molecule has 2 rings (SSSR count). The van der Waals surface area contributed by atoms with Crippen molar-refractivity contribution in [2.75, 3.05) is 5.32 Å². The lowest BCUT2D eigenvalue weighted by atomic mass is 10.2. The van der Waals surface area contributed by atoms with Gasteiger partial charge in [-0.25, -0.2) is 9.78 Å². The molecule has 1 unspecified atom stereocenters. The Balaban J connectivity index is 2.01. The summed E-state index contributed by atoms with van der Waals surface area (Å²) in [5.41, 5.74) is 0. The number of thiazole rings is 1. The van der Waals surface area contributed by atoms with Gasteiger partial charge in [0.05, 0.1) is 0 Å². The van der Waals surface area contributed by atoms with Crippen molar-refractivity contribution in [3.05, 3.63) is 11.6 Å². The zero-order valence-corrected chi connectivity index (χ0v) is 7.75. The number of hydrogen-bond acceptors (Lipinski definition) is 4. The summed E-state index contributed by atoms with van der Waals surface area (Å²) in [6.07, 6.45) is 3.68. The second kappa shape index (κ2) is 3.33. The van der Waals surface area contributed by atoms with Crippen LogP contribution in [0.25, 0.3) is 0 Å². The Morgan fingerprint density at radius 3 is 3.00 bits per heavy atom. The standard InChI is InChI=1S/C8H10N2O2S/c11-7(12)6(5-1-2-5)10-8-9-3-4-13-8/h3-6H,1-2H2,(H,9,10)(H,11,12). The van der Waals surface area contributed by atoms with Crippen LogP contribution in [0.5, 0.6) is 0 Å². The molecule has 13 heavy (non-hydrogen) atoms. The molecule has 0 spiro atoms. The first-order valence-electron chi connectivity index (χ1n) is 4.16. The normalized spacial score (nSPS) is 18.2. The van der Waals surface area contributed by atoms with E-state index in [1.807, 2.05) is 5.38 Å². The molecular formula is C8H10N2O2S. The van der Waals surface area contributed by atoms with E-state index < -0.39 is 12.0 Å². The maximum Gasteiger partial charge on any atom is 0.326 e. The zero-order chi connectivity index (χ0) is 9.26. The number of carbonyl (C=O) groups is 1. The summed E-state index contributed by atoms with van der Waals surface area (Å²) in [6, 6.07) is -0.453. The van der Waals surface area contributed by atoms with Crippen LogP contribution < -0.4 is 5.32 Å². The van der Waals surface area contributed by atoms with Crippen LogP contribution >= 0.6 is 11.3 Å². The molecule has 4 nitrogen and oxygen atoms in total. The highest BCUT2D eigenvalue weighted by Crippen LogP contribution is 2.34. The van der Waals surface area contributed by atoms with Crippen molar-refractivity contribution >= 4 is 22.4 Å². The number of aliphatic carboxylic acids is 1. The number of nitrogens with one attached hydrogen (secondary N) is 1. The molecule has 1 atom stereocenters. The molecule has 0 saturated heterocycles. The lowest BCUT2D eigenvalue weighted by Crippen LogP contribution is -2.31. The minimum Gasteiger partial charge on any atom is -0.480 e. The van der Waals surface area contributed by atoms with Gasteiger partial charge in [-0.1, -0.05) is 0 Å². The van der Waals surface area contributed by atoms with Gasteiger partial charge in [0.1, 0.15) is 6.04 Å². The van der Waals surface area contributed by atoms with Crippen molar-refractivity contribution in [1.82, 2.24) is 4.98 Å². The summed E-state index contributed by atoms with van der Waals surface area (Å²) in [6.45, 7) is 0. The van der Waals surface area contributed by atoms with Gasteiger partial charge in [0, 0.05) is 11.6 Å². The Hall–Kier alpha value is -1.10. The SMILES string of the molecule is O=C(O)C(Nc1nccs1)C1CC1. The van der Waals surface area contributed by atoms with Crippen molar-refractivity contribution in [2.24, 2.45) is 5.92 Å². The third kappa shape index (κ3) is 1.98. The van der Waals surface area contributed by atoms with E-state index in [4.69, 9.17) is 5.11 Å². The molecule has 0 amide bonds. The molecule has 0 aliphatic heterocycles. The van der Waals surface area contributed by atoms with Crippen LogP contribution in [0.2, 0.25) is 0 Å². The Bertz CT molecular complexity index is 295. The van der Waals surface area contributed by atoms with Gasteiger partial charge >= 0.3 is 5.97 Å². The van der Waals surface area contributed by atoms with E-state index in [2.05, 4.69) is 10.3 Å². The maximum absolute atomic E-state index is 10.8. The molecule has 1 aliphatic carbocycles. The molecule has 0 radical (unpaired) electrons. The van der Waals surface area contributed by atoms with E-state index in [9.17, 15) is 4.79 Å². The Morgan fingerprint density at radius 1 is 1.77 bits per heavy atom. The Labute approximate surface area is 79.6 Å². The summed E-state index contributed by atoms with van der Waals surface area (Å²) < 4.78 is 0. The number of anilines is 1. The molecule has 70 valence electrons. The van der Waals surface area contributed by atoms with Crippen molar-refractivity contribution in [1.29, 1.82) is 0 Å². The van der Waals surface area contributed by atoms with Crippen LogP contribution in [-0.4, -0.2) is 22.1 Å². The van der Waals surface area contributed by atoms with E-state index in [-0.39, 0.29) is 0 Å². The molecule has 1 aromatic rings. The fraction of sp³-hybridized carbons (Fsp3) is 0.500. The molecule has 1 aromatic heterocycles. The lowest BCUT2D eigenvalue weighted by molar-refractivity contribution is -0.138. The largest absolute Gasteiger partial charge is 0.480 e. The first kappa shape index (κ1) is 8.50. The fourth-order valence-electron chi connectivity index (χ4n) is 1.24. The van der Waals surface area contributed by atoms with Crippen LogP contribution in [0.4, 0.5) is 5.13 Å². The molecular weight excluding hydrogens is 188 g/mol. The van der Waals surface area contributed by atoms with Crippen molar-refractivity contribution in [3.8, 4) is 0 Å². The average Bonchev–Trinajstić information content (AvgIpc) is 2.79. The quantitative estimate of drug-likeness (QED) is 0.768. The van der Waals surface area contributed by atoms with Crippen LogP contribution in [0.15, 0.2) is 11.6 Å². The Kier molecular flexibility index (Phi) is 2.18. The fourth-order valence-corrected chi connectivity index (χ4v) is 1.81. The van der Waals surface area contributed by atoms with Crippen molar-refractivity contribution in [3.63, 3.8) is 0 Å². The number of hydrogen-bond donors (Lipinski definition) is 2. The highest BCUT2D eigenvalue weighted by Gasteiger charge is 2.36. The first-order chi connectivity index (χ1) is 6.27.